The van der Waals surface area contributed by atoms with Crippen molar-refractivity contribution in [3.63, 3.8) is 0 Å². The van der Waals surface area contributed by atoms with Gasteiger partial charge < -0.3 is 20.3 Å². The Morgan fingerprint density at radius 2 is 0.844 bits per heavy atom. The van der Waals surface area contributed by atoms with Crippen LogP contribution in [0.25, 0.3) is 0 Å². The Bertz CT molecular complexity index is 1190. The van der Waals surface area contributed by atoms with Crippen LogP contribution in [0.5, 0.6) is 0 Å². The minimum Gasteiger partial charge on any atom is -0.462 e. The number of allylic oxidation sites excluding steroid dienone is 12. The molecule has 3 unspecified atom stereocenters. The summed E-state index contributed by atoms with van der Waals surface area (Å²) in [5.74, 6) is -0.536. The van der Waals surface area contributed by atoms with Gasteiger partial charge in [0.05, 0.1) is 25.2 Å². The van der Waals surface area contributed by atoms with Crippen molar-refractivity contribution in [1.82, 2.24) is 5.32 Å². The van der Waals surface area contributed by atoms with E-state index in [4.69, 9.17) is 4.74 Å². The molecule has 6 heteroatoms. The Balaban J connectivity index is 4.68. The molecular formula is C58H103NO5. The van der Waals surface area contributed by atoms with E-state index in [0.717, 1.165) is 96.3 Å². The molecule has 0 saturated carbocycles. The second kappa shape index (κ2) is 51.3. The number of hydrogen-bond acceptors (Lipinski definition) is 5. The number of esters is 1. The number of rotatable bonds is 48. The Kier molecular flexibility index (Phi) is 49.1. The second-order valence-corrected chi connectivity index (χ2v) is 18.3. The lowest BCUT2D eigenvalue weighted by Gasteiger charge is -2.24. The second-order valence-electron chi connectivity index (χ2n) is 18.3. The Labute approximate surface area is 396 Å². The van der Waals surface area contributed by atoms with Crippen molar-refractivity contribution in [2.75, 3.05) is 6.61 Å². The average molecular weight is 894 g/mol. The smallest absolute Gasteiger partial charge is 0.306 e. The highest BCUT2D eigenvalue weighted by Crippen LogP contribution is 2.17. The van der Waals surface area contributed by atoms with Crippen molar-refractivity contribution in [3.8, 4) is 0 Å². The molecule has 0 spiro atoms. The molecule has 0 bridgehead atoms. The molecule has 1 amide bonds. The number of hydrogen-bond donors (Lipinski definition) is 3. The van der Waals surface area contributed by atoms with Crippen molar-refractivity contribution in [3.05, 3.63) is 72.9 Å². The first-order valence-corrected chi connectivity index (χ1v) is 27.2. The van der Waals surface area contributed by atoms with Gasteiger partial charge in [-0.05, 0) is 96.3 Å². The number of nitrogens with one attached hydrogen (secondary N) is 1. The van der Waals surface area contributed by atoms with Crippen molar-refractivity contribution >= 4 is 11.9 Å². The zero-order valence-corrected chi connectivity index (χ0v) is 42.1. The van der Waals surface area contributed by atoms with Crippen LogP contribution in [0.1, 0.15) is 258 Å². The molecule has 0 radical (unpaired) electrons. The molecule has 0 aromatic rings. The van der Waals surface area contributed by atoms with Crippen molar-refractivity contribution in [1.29, 1.82) is 0 Å². The van der Waals surface area contributed by atoms with Crippen LogP contribution in [0.4, 0.5) is 0 Å². The van der Waals surface area contributed by atoms with Gasteiger partial charge in [0.15, 0.2) is 0 Å². The van der Waals surface area contributed by atoms with Crippen molar-refractivity contribution < 1.29 is 24.5 Å². The van der Waals surface area contributed by atoms with Crippen LogP contribution in [0.2, 0.25) is 0 Å². The van der Waals surface area contributed by atoms with E-state index >= 15 is 0 Å². The van der Waals surface area contributed by atoms with Crippen molar-refractivity contribution in [2.24, 2.45) is 0 Å². The Morgan fingerprint density at radius 1 is 0.469 bits per heavy atom. The molecule has 0 aliphatic rings. The van der Waals surface area contributed by atoms with Crippen LogP contribution in [0.3, 0.4) is 0 Å². The van der Waals surface area contributed by atoms with E-state index in [-0.39, 0.29) is 24.9 Å². The Morgan fingerprint density at radius 3 is 1.34 bits per heavy atom. The molecule has 0 aromatic carbocycles. The number of carbonyl (C=O) groups excluding carboxylic acids is 2. The number of aliphatic hydroxyl groups is 2. The summed E-state index contributed by atoms with van der Waals surface area (Å²) >= 11 is 0. The molecule has 3 atom stereocenters. The van der Waals surface area contributed by atoms with Gasteiger partial charge in [-0.2, -0.15) is 0 Å². The summed E-state index contributed by atoms with van der Waals surface area (Å²) in [4.78, 5) is 26.2. The van der Waals surface area contributed by atoms with Gasteiger partial charge in [0.25, 0.3) is 0 Å². The van der Waals surface area contributed by atoms with E-state index < -0.39 is 18.2 Å². The van der Waals surface area contributed by atoms with E-state index in [1.54, 1.807) is 0 Å². The van der Waals surface area contributed by atoms with Crippen molar-refractivity contribution in [2.45, 2.75) is 277 Å². The van der Waals surface area contributed by atoms with Gasteiger partial charge in [0.1, 0.15) is 6.10 Å². The molecule has 0 aliphatic heterocycles. The standard InChI is InChI=1S/C58H103NO5/c1-4-7-10-13-16-19-22-24-26-28-29-30-32-34-36-39-42-45-48-51-58(63)64-54(49-46-43-40-37-35-33-31-27-25-23-20-17-14-11-8-5-2)52-57(62)59-55(53-60)56(61)50-47-44-41-38-21-18-15-12-9-6-3/h16,19,24,26-27,29-31,33-36,54-56,60-61H,4-15,17-18,20-23,25,28,32,37-53H2,1-3H3,(H,59,62)/b19-16-,26-24-,30-29-,31-27+,35-33+,36-34-. The highest BCUT2D eigenvalue weighted by Gasteiger charge is 2.24. The van der Waals surface area contributed by atoms with Gasteiger partial charge in [-0.3, -0.25) is 9.59 Å². The first kappa shape index (κ1) is 61.3. The minimum atomic E-state index is -0.802. The van der Waals surface area contributed by atoms with Gasteiger partial charge in [0, 0.05) is 6.42 Å². The first-order valence-electron chi connectivity index (χ1n) is 27.2. The van der Waals surface area contributed by atoms with Gasteiger partial charge >= 0.3 is 5.97 Å². The molecule has 6 nitrogen and oxygen atoms in total. The Hall–Kier alpha value is -2.70. The molecule has 370 valence electrons. The summed E-state index contributed by atoms with van der Waals surface area (Å²) in [5.41, 5.74) is 0. The molecule has 0 rings (SSSR count). The fourth-order valence-electron chi connectivity index (χ4n) is 7.87. The normalized spacial score (nSPS) is 13.8. The van der Waals surface area contributed by atoms with Gasteiger partial charge in [-0.1, -0.05) is 222 Å². The third-order valence-corrected chi connectivity index (χ3v) is 12.0. The van der Waals surface area contributed by atoms with E-state index in [0.29, 0.717) is 19.3 Å². The third kappa shape index (κ3) is 45.9. The molecular weight excluding hydrogens is 791 g/mol. The maximum Gasteiger partial charge on any atom is 0.306 e. The minimum absolute atomic E-state index is 0.0444. The molecule has 0 heterocycles. The highest BCUT2D eigenvalue weighted by atomic mass is 16.5. The van der Waals surface area contributed by atoms with Crippen LogP contribution >= 0.6 is 0 Å². The lowest BCUT2D eigenvalue weighted by atomic mass is 10.0. The van der Waals surface area contributed by atoms with E-state index in [1.807, 2.05) is 0 Å². The van der Waals surface area contributed by atoms with E-state index in [9.17, 15) is 19.8 Å². The molecule has 64 heavy (non-hydrogen) atoms. The summed E-state index contributed by atoms with van der Waals surface area (Å²) in [7, 11) is 0. The number of ether oxygens (including phenoxy) is 1. The van der Waals surface area contributed by atoms with Crippen LogP contribution in [0, 0.1) is 0 Å². The molecule has 3 N–H and O–H groups in total. The summed E-state index contributed by atoms with van der Waals surface area (Å²) in [6.07, 6.45) is 65.3. The highest BCUT2D eigenvalue weighted by molar-refractivity contribution is 5.77. The largest absolute Gasteiger partial charge is 0.462 e. The van der Waals surface area contributed by atoms with E-state index in [2.05, 4.69) is 99.0 Å². The SMILES string of the molecule is CCCCC/C=C\C/C=C\C/C=C\C/C=C\CCCCCC(=O)OC(CCCCC/C=C/C=C/CCCCCCCCC)CC(=O)NC(CO)C(O)CCCCCCCCCCCC. The number of carbonyl (C=O) groups is 2. The first-order chi connectivity index (χ1) is 31.5. The number of unbranched alkanes of at least 4 members (excludes halogenated alkanes) is 25. The number of amides is 1. The summed E-state index contributed by atoms with van der Waals surface area (Å²) in [6.45, 7) is 6.43. The lowest BCUT2D eigenvalue weighted by molar-refractivity contribution is -0.151. The van der Waals surface area contributed by atoms with Crippen LogP contribution < -0.4 is 5.32 Å². The monoisotopic (exact) mass is 894 g/mol. The maximum absolute atomic E-state index is 13.2. The zero-order chi connectivity index (χ0) is 46.7. The van der Waals surface area contributed by atoms with Gasteiger partial charge in [-0.25, -0.2) is 0 Å². The fourth-order valence-corrected chi connectivity index (χ4v) is 7.87. The molecule has 0 saturated heterocycles. The molecule has 0 fully saturated rings. The topological polar surface area (TPSA) is 95.9 Å². The van der Waals surface area contributed by atoms with E-state index in [1.165, 1.54) is 116 Å². The number of aliphatic hydroxyl groups excluding tert-OH is 2. The third-order valence-electron chi connectivity index (χ3n) is 12.0. The molecule has 0 aliphatic carbocycles. The summed E-state index contributed by atoms with van der Waals surface area (Å²) in [6, 6.07) is -0.719. The average Bonchev–Trinajstić information content (AvgIpc) is 3.29. The lowest BCUT2D eigenvalue weighted by Crippen LogP contribution is -2.46. The van der Waals surface area contributed by atoms with Crippen LogP contribution in [-0.4, -0.2) is 46.9 Å². The van der Waals surface area contributed by atoms with Crippen LogP contribution in [0.15, 0.2) is 72.9 Å². The van der Waals surface area contributed by atoms with Gasteiger partial charge in [0.2, 0.25) is 5.91 Å². The van der Waals surface area contributed by atoms with Gasteiger partial charge in [-0.15, -0.1) is 0 Å². The summed E-state index contributed by atoms with van der Waals surface area (Å²) in [5, 5.41) is 23.7. The van der Waals surface area contributed by atoms with Crippen LogP contribution in [-0.2, 0) is 14.3 Å². The fraction of sp³-hybridized carbons (Fsp3) is 0.759. The quantitative estimate of drug-likeness (QED) is 0.0245. The predicted octanol–water partition coefficient (Wildman–Crippen LogP) is 16.6. The molecule has 0 aromatic heterocycles. The maximum atomic E-state index is 13.2. The summed E-state index contributed by atoms with van der Waals surface area (Å²) < 4.78 is 5.92. The predicted molar refractivity (Wildman–Crippen MR) is 278 cm³/mol. The zero-order valence-electron chi connectivity index (χ0n) is 42.1.